The van der Waals surface area contributed by atoms with Gasteiger partial charge in [-0.15, -0.1) is 0 Å². The largest absolute Gasteiger partial charge is 0.493 e. The molecule has 2 rings (SSSR count). The predicted molar refractivity (Wildman–Crippen MR) is 109 cm³/mol. The fourth-order valence-corrected chi connectivity index (χ4v) is 2.53. The molecule has 29 heavy (non-hydrogen) atoms. The van der Waals surface area contributed by atoms with Crippen molar-refractivity contribution < 1.29 is 28.6 Å². The summed E-state index contributed by atoms with van der Waals surface area (Å²) in [5.74, 6) is -0.0767. The molecule has 0 spiro atoms. The summed E-state index contributed by atoms with van der Waals surface area (Å²) < 4.78 is 15.4. The van der Waals surface area contributed by atoms with Gasteiger partial charge in [-0.1, -0.05) is 26.0 Å². The minimum atomic E-state index is -0.700. The summed E-state index contributed by atoms with van der Waals surface area (Å²) in [5, 5.41) is 2.68. The monoisotopic (exact) mass is 399 g/mol. The Labute approximate surface area is 170 Å². The number of carbonyl (C=O) groups excluding carboxylic acids is 3. The molecular formula is C22H25NO6. The van der Waals surface area contributed by atoms with Crippen molar-refractivity contribution in [1.29, 1.82) is 0 Å². The molecule has 0 saturated heterocycles. The van der Waals surface area contributed by atoms with E-state index in [1.807, 2.05) is 24.3 Å². The number of amides is 1. The molecule has 0 aliphatic carbocycles. The van der Waals surface area contributed by atoms with E-state index >= 15 is 0 Å². The molecular weight excluding hydrogens is 374 g/mol. The average Bonchev–Trinajstić information content (AvgIpc) is 2.76. The maximum absolute atomic E-state index is 12.0. The van der Waals surface area contributed by atoms with Crippen LogP contribution in [0.15, 0.2) is 42.5 Å². The molecule has 154 valence electrons. The first-order valence-corrected chi connectivity index (χ1v) is 9.28. The van der Waals surface area contributed by atoms with Crippen molar-refractivity contribution in [2.24, 2.45) is 0 Å². The number of carbonyl (C=O) groups is 3. The fraction of sp³-hybridized carbons (Fsp3) is 0.318. The van der Waals surface area contributed by atoms with E-state index in [1.165, 1.54) is 30.9 Å². The third kappa shape index (κ3) is 6.64. The predicted octanol–water partition coefficient (Wildman–Crippen LogP) is 3.58. The highest BCUT2D eigenvalue weighted by atomic mass is 16.6. The number of benzene rings is 2. The van der Waals surface area contributed by atoms with Crippen LogP contribution in [0.3, 0.4) is 0 Å². The average molecular weight is 399 g/mol. The van der Waals surface area contributed by atoms with Gasteiger partial charge in [0.05, 0.1) is 7.11 Å². The second kappa shape index (κ2) is 10.8. The van der Waals surface area contributed by atoms with Crippen LogP contribution in [0.1, 0.15) is 42.1 Å². The van der Waals surface area contributed by atoms with Crippen LogP contribution in [0, 0.1) is 0 Å². The van der Waals surface area contributed by atoms with Crippen molar-refractivity contribution >= 4 is 23.9 Å². The Morgan fingerprint density at radius 3 is 2.41 bits per heavy atom. The third-order valence-electron chi connectivity index (χ3n) is 4.41. The van der Waals surface area contributed by atoms with Crippen LogP contribution in [-0.2, 0) is 14.3 Å². The van der Waals surface area contributed by atoms with Crippen LogP contribution in [-0.4, -0.2) is 38.5 Å². The Hall–Kier alpha value is -3.35. The quantitative estimate of drug-likeness (QED) is 0.485. The number of rotatable bonds is 10. The minimum Gasteiger partial charge on any atom is -0.493 e. The molecule has 7 nitrogen and oxygen atoms in total. The highest BCUT2D eigenvalue weighted by Crippen LogP contribution is 2.27. The van der Waals surface area contributed by atoms with Crippen molar-refractivity contribution in [1.82, 2.24) is 0 Å². The molecule has 0 fully saturated rings. The maximum atomic E-state index is 12.0. The Bertz CT molecular complexity index is 847. The molecule has 0 aromatic heterocycles. The van der Waals surface area contributed by atoms with Crippen LogP contribution in [0.25, 0.3) is 0 Å². The van der Waals surface area contributed by atoms with Gasteiger partial charge in [-0.25, -0.2) is 4.79 Å². The fourth-order valence-electron chi connectivity index (χ4n) is 2.53. The van der Waals surface area contributed by atoms with Crippen LogP contribution < -0.4 is 14.8 Å². The molecule has 0 saturated carbocycles. The number of nitrogens with one attached hydrogen (secondary N) is 1. The van der Waals surface area contributed by atoms with Gasteiger partial charge >= 0.3 is 5.97 Å². The lowest BCUT2D eigenvalue weighted by atomic mass is 9.99. The van der Waals surface area contributed by atoms with Crippen LogP contribution in [0.5, 0.6) is 11.5 Å². The van der Waals surface area contributed by atoms with E-state index in [2.05, 4.69) is 19.2 Å². The Morgan fingerprint density at radius 1 is 1.07 bits per heavy atom. The van der Waals surface area contributed by atoms with Gasteiger partial charge in [0.15, 0.2) is 24.7 Å². The number of methoxy groups -OCH3 is 1. The van der Waals surface area contributed by atoms with Crippen LogP contribution in [0.2, 0.25) is 0 Å². The van der Waals surface area contributed by atoms with Gasteiger partial charge in [-0.3, -0.25) is 9.59 Å². The van der Waals surface area contributed by atoms with Crippen LogP contribution >= 0.6 is 0 Å². The van der Waals surface area contributed by atoms with Crippen LogP contribution in [0.4, 0.5) is 5.69 Å². The van der Waals surface area contributed by atoms with Gasteiger partial charge in [0.25, 0.3) is 5.91 Å². The first kappa shape index (κ1) is 21.9. The number of esters is 1. The minimum absolute atomic E-state index is 0.292. The zero-order valence-corrected chi connectivity index (χ0v) is 16.8. The third-order valence-corrected chi connectivity index (χ3v) is 4.41. The smallest absolute Gasteiger partial charge is 0.344 e. The number of ether oxygens (including phenoxy) is 3. The molecule has 0 bridgehead atoms. The maximum Gasteiger partial charge on any atom is 0.344 e. The van der Waals surface area contributed by atoms with Crippen molar-refractivity contribution in [3.05, 3.63) is 53.6 Å². The molecule has 1 amide bonds. The molecule has 7 heteroatoms. The Kier molecular flexibility index (Phi) is 8.21. The molecule has 0 radical (unpaired) electrons. The summed E-state index contributed by atoms with van der Waals surface area (Å²) in [5.41, 5.74) is 2.26. The molecule has 1 N–H and O–H groups in total. The van der Waals surface area contributed by atoms with Gasteiger partial charge in [-0.05, 0) is 48.2 Å². The molecule has 1 atom stereocenters. The van der Waals surface area contributed by atoms with Gasteiger partial charge in [0.1, 0.15) is 6.29 Å². The summed E-state index contributed by atoms with van der Waals surface area (Å²) in [6.07, 6.45) is 1.72. The molecule has 0 aliphatic heterocycles. The number of hydrogen-bond donors (Lipinski definition) is 1. The number of anilines is 1. The lowest BCUT2D eigenvalue weighted by molar-refractivity contribution is -0.149. The van der Waals surface area contributed by atoms with Gasteiger partial charge in [-0.2, -0.15) is 0 Å². The van der Waals surface area contributed by atoms with Crippen molar-refractivity contribution in [2.45, 2.75) is 26.2 Å². The zero-order valence-electron chi connectivity index (χ0n) is 16.8. The summed E-state index contributed by atoms with van der Waals surface area (Å²) in [4.78, 5) is 34.6. The van der Waals surface area contributed by atoms with Crippen molar-refractivity contribution in [3.63, 3.8) is 0 Å². The molecule has 2 aromatic rings. The van der Waals surface area contributed by atoms with E-state index < -0.39 is 25.1 Å². The molecule has 0 aliphatic rings. The topological polar surface area (TPSA) is 90.9 Å². The van der Waals surface area contributed by atoms with E-state index in [4.69, 9.17) is 14.2 Å². The number of hydrogen-bond acceptors (Lipinski definition) is 6. The Morgan fingerprint density at radius 2 is 1.79 bits per heavy atom. The normalized spacial score (nSPS) is 11.3. The molecule has 0 unspecified atom stereocenters. The Balaban J connectivity index is 1.79. The number of aldehydes is 1. The second-order valence-electron chi connectivity index (χ2n) is 6.46. The summed E-state index contributed by atoms with van der Waals surface area (Å²) in [7, 11) is 1.43. The van der Waals surface area contributed by atoms with Gasteiger partial charge in [0, 0.05) is 11.3 Å². The standard InChI is InChI=1S/C22H25NO6/c1-4-15(2)17-6-8-18(9-7-17)23-21(25)13-29-22(26)14-28-19-10-5-16(12-24)11-20(19)27-3/h5-12,15H,4,13-14H2,1-3H3,(H,23,25)/t15-/m1/s1. The second-order valence-corrected chi connectivity index (χ2v) is 6.46. The highest BCUT2D eigenvalue weighted by molar-refractivity contribution is 5.92. The SMILES string of the molecule is CC[C@@H](C)c1ccc(NC(=O)COC(=O)COc2ccc(C=O)cc2OC)cc1. The van der Waals surface area contributed by atoms with Crippen molar-refractivity contribution in [3.8, 4) is 11.5 Å². The van der Waals surface area contributed by atoms with E-state index in [9.17, 15) is 14.4 Å². The first-order valence-electron chi connectivity index (χ1n) is 9.28. The zero-order chi connectivity index (χ0) is 21.2. The van der Waals surface area contributed by atoms with E-state index in [0.29, 0.717) is 35.0 Å². The lowest BCUT2D eigenvalue weighted by Gasteiger charge is -2.12. The molecule has 2 aromatic carbocycles. The van der Waals surface area contributed by atoms with Gasteiger partial charge in [0.2, 0.25) is 0 Å². The highest BCUT2D eigenvalue weighted by Gasteiger charge is 2.12. The van der Waals surface area contributed by atoms with Gasteiger partial charge < -0.3 is 19.5 Å². The first-order chi connectivity index (χ1) is 14.0. The van der Waals surface area contributed by atoms with E-state index in [0.717, 1.165) is 6.42 Å². The summed E-state index contributed by atoms with van der Waals surface area (Å²) in [6.45, 7) is 3.44. The van der Waals surface area contributed by atoms with E-state index in [-0.39, 0.29) is 0 Å². The summed E-state index contributed by atoms with van der Waals surface area (Å²) >= 11 is 0. The molecule has 0 heterocycles. The van der Waals surface area contributed by atoms with Crippen molar-refractivity contribution in [2.75, 3.05) is 25.6 Å². The lowest BCUT2D eigenvalue weighted by Crippen LogP contribution is -2.23. The summed E-state index contributed by atoms with van der Waals surface area (Å²) in [6, 6.07) is 12.1. The van der Waals surface area contributed by atoms with E-state index in [1.54, 1.807) is 0 Å².